The maximum atomic E-state index is 12.3. The van der Waals surface area contributed by atoms with Crippen molar-refractivity contribution in [1.82, 2.24) is 5.32 Å². The zero-order valence-electron chi connectivity index (χ0n) is 12.3. The monoisotopic (exact) mass is 291 g/mol. The van der Waals surface area contributed by atoms with Crippen LogP contribution in [0.5, 0.6) is 5.75 Å². The van der Waals surface area contributed by atoms with Gasteiger partial charge < -0.3 is 15.2 Å². The predicted octanol–water partition coefficient (Wildman–Crippen LogP) is 2.37. The largest absolute Gasteiger partial charge is 0.497 e. The van der Waals surface area contributed by atoms with Crippen molar-refractivity contribution in [2.24, 2.45) is 11.8 Å². The van der Waals surface area contributed by atoms with Crippen LogP contribution in [-0.2, 0) is 9.59 Å². The van der Waals surface area contributed by atoms with Crippen molar-refractivity contribution in [3.8, 4) is 5.75 Å². The molecule has 0 bridgehead atoms. The number of hydrogen-bond acceptors (Lipinski definition) is 3. The predicted molar refractivity (Wildman–Crippen MR) is 78.0 cm³/mol. The lowest BCUT2D eigenvalue weighted by molar-refractivity contribution is -0.146. The highest BCUT2D eigenvalue weighted by atomic mass is 16.5. The van der Waals surface area contributed by atoms with Gasteiger partial charge in [-0.05, 0) is 37.5 Å². The number of carboxylic acid groups (broad SMARTS) is 1. The molecule has 2 N–H and O–H groups in total. The van der Waals surface area contributed by atoms with Crippen LogP contribution < -0.4 is 10.1 Å². The second-order valence-corrected chi connectivity index (χ2v) is 5.49. The molecule has 3 atom stereocenters. The topological polar surface area (TPSA) is 75.6 Å². The first-order valence-corrected chi connectivity index (χ1v) is 7.20. The van der Waals surface area contributed by atoms with E-state index in [4.69, 9.17) is 9.84 Å². The second kappa shape index (κ2) is 6.61. The van der Waals surface area contributed by atoms with Crippen LogP contribution in [0.4, 0.5) is 0 Å². The number of carbonyl (C=O) groups is 2. The van der Waals surface area contributed by atoms with E-state index in [0.717, 1.165) is 17.7 Å². The van der Waals surface area contributed by atoms with Gasteiger partial charge in [0, 0.05) is 0 Å². The maximum absolute atomic E-state index is 12.3. The van der Waals surface area contributed by atoms with Crippen LogP contribution >= 0.6 is 0 Å². The van der Waals surface area contributed by atoms with Gasteiger partial charge in [0.05, 0.1) is 25.0 Å². The first-order valence-electron chi connectivity index (χ1n) is 7.20. The number of aliphatic carboxylic acids is 1. The number of rotatable bonds is 5. The lowest BCUT2D eigenvalue weighted by atomic mass is 9.94. The van der Waals surface area contributed by atoms with Crippen molar-refractivity contribution in [1.29, 1.82) is 0 Å². The van der Waals surface area contributed by atoms with Crippen LogP contribution in [-0.4, -0.2) is 24.1 Å². The Morgan fingerprint density at radius 2 is 2.05 bits per heavy atom. The molecule has 0 spiro atoms. The minimum absolute atomic E-state index is 0.171. The Morgan fingerprint density at radius 1 is 1.33 bits per heavy atom. The molecule has 114 valence electrons. The molecule has 1 aliphatic carbocycles. The summed E-state index contributed by atoms with van der Waals surface area (Å²) in [5.41, 5.74) is 0.938. The SMILES string of the molecule is COc1cccc([C@H](C)NC(=O)C2CCCC2C(=O)O)c1. The van der Waals surface area contributed by atoms with Gasteiger partial charge >= 0.3 is 5.97 Å². The molecule has 1 saturated carbocycles. The van der Waals surface area contributed by atoms with Gasteiger partial charge in [0.1, 0.15) is 5.75 Å². The summed E-state index contributed by atoms with van der Waals surface area (Å²) in [5.74, 6) is -1.28. The first kappa shape index (κ1) is 15.4. The molecule has 0 aromatic heterocycles. The number of benzene rings is 1. The molecule has 21 heavy (non-hydrogen) atoms. The first-order chi connectivity index (χ1) is 10.0. The Hall–Kier alpha value is -2.04. The number of carboxylic acids is 1. The van der Waals surface area contributed by atoms with Gasteiger partial charge in [-0.2, -0.15) is 0 Å². The van der Waals surface area contributed by atoms with E-state index in [1.54, 1.807) is 7.11 Å². The molecule has 0 radical (unpaired) electrons. The molecule has 5 nitrogen and oxygen atoms in total. The summed E-state index contributed by atoms with van der Waals surface area (Å²) in [7, 11) is 1.60. The van der Waals surface area contributed by atoms with Crippen molar-refractivity contribution in [3.63, 3.8) is 0 Å². The molecule has 0 heterocycles. The van der Waals surface area contributed by atoms with E-state index < -0.39 is 17.8 Å². The molecule has 2 unspecified atom stereocenters. The van der Waals surface area contributed by atoms with Crippen LogP contribution in [0, 0.1) is 11.8 Å². The van der Waals surface area contributed by atoms with Crippen LogP contribution in [0.2, 0.25) is 0 Å². The molecular formula is C16H21NO4. The molecular weight excluding hydrogens is 270 g/mol. The number of methoxy groups -OCH3 is 1. The van der Waals surface area contributed by atoms with Crippen LogP contribution in [0.1, 0.15) is 37.8 Å². The lowest BCUT2D eigenvalue weighted by Gasteiger charge is -2.20. The van der Waals surface area contributed by atoms with Crippen LogP contribution in [0.3, 0.4) is 0 Å². The summed E-state index contributed by atoms with van der Waals surface area (Å²) in [5, 5.41) is 12.1. The summed E-state index contributed by atoms with van der Waals surface area (Å²) >= 11 is 0. The van der Waals surface area contributed by atoms with Crippen molar-refractivity contribution in [3.05, 3.63) is 29.8 Å². The number of nitrogens with one attached hydrogen (secondary N) is 1. The molecule has 2 rings (SSSR count). The highest BCUT2D eigenvalue weighted by molar-refractivity contribution is 5.85. The minimum atomic E-state index is -0.873. The van der Waals surface area contributed by atoms with Crippen LogP contribution in [0.25, 0.3) is 0 Å². The summed E-state index contributed by atoms with van der Waals surface area (Å²) in [6, 6.07) is 7.31. The smallest absolute Gasteiger partial charge is 0.307 e. The maximum Gasteiger partial charge on any atom is 0.307 e. The number of hydrogen-bond donors (Lipinski definition) is 2. The third kappa shape index (κ3) is 3.54. The number of ether oxygens (including phenoxy) is 1. The lowest BCUT2D eigenvalue weighted by Crippen LogP contribution is -2.36. The Balaban J connectivity index is 2.03. The fraction of sp³-hybridized carbons (Fsp3) is 0.500. The normalized spacial score (nSPS) is 22.6. The third-order valence-corrected chi connectivity index (χ3v) is 4.12. The van der Waals surface area contributed by atoms with E-state index in [0.29, 0.717) is 12.8 Å². The van der Waals surface area contributed by atoms with Gasteiger partial charge in [-0.3, -0.25) is 9.59 Å². The molecule has 1 aromatic carbocycles. The minimum Gasteiger partial charge on any atom is -0.497 e. The van der Waals surface area contributed by atoms with Crippen molar-refractivity contribution >= 4 is 11.9 Å². The van der Waals surface area contributed by atoms with Crippen molar-refractivity contribution in [2.75, 3.05) is 7.11 Å². The quantitative estimate of drug-likeness (QED) is 0.873. The van der Waals surface area contributed by atoms with E-state index in [1.807, 2.05) is 31.2 Å². The van der Waals surface area contributed by atoms with Gasteiger partial charge in [0.15, 0.2) is 0 Å². The molecule has 5 heteroatoms. The molecule has 0 saturated heterocycles. The van der Waals surface area contributed by atoms with Crippen molar-refractivity contribution in [2.45, 2.75) is 32.2 Å². The average Bonchev–Trinajstić information content (AvgIpc) is 2.97. The van der Waals surface area contributed by atoms with Gasteiger partial charge in [-0.15, -0.1) is 0 Å². The Labute approximate surface area is 124 Å². The zero-order chi connectivity index (χ0) is 15.4. The number of carbonyl (C=O) groups excluding carboxylic acids is 1. The average molecular weight is 291 g/mol. The van der Waals surface area contributed by atoms with E-state index >= 15 is 0 Å². The molecule has 1 amide bonds. The molecule has 0 aliphatic heterocycles. The van der Waals surface area contributed by atoms with Gasteiger partial charge in [-0.1, -0.05) is 18.6 Å². The summed E-state index contributed by atoms with van der Waals surface area (Å²) < 4.78 is 5.17. The molecule has 1 aromatic rings. The fourth-order valence-corrected chi connectivity index (χ4v) is 2.88. The highest BCUT2D eigenvalue weighted by Gasteiger charge is 2.38. The van der Waals surface area contributed by atoms with Crippen LogP contribution in [0.15, 0.2) is 24.3 Å². The van der Waals surface area contributed by atoms with Gasteiger partial charge in [0.2, 0.25) is 5.91 Å². The standard InChI is InChI=1S/C16H21NO4/c1-10(11-5-3-6-12(9-11)21-2)17-15(18)13-7-4-8-14(13)16(19)20/h3,5-6,9-10,13-14H,4,7-8H2,1-2H3,(H,17,18)(H,19,20)/t10-,13?,14?/m0/s1. The number of amides is 1. The summed E-state index contributed by atoms with van der Waals surface area (Å²) in [6.07, 6.45) is 2.02. The summed E-state index contributed by atoms with van der Waals surface area (Å²) in [4.78, 5) is 23.5. The molecule has 1 fully saturated rings. The fourth-order valence-electron chi connectivity index (χ4n) is 2.88. The highest BCUT2D eigenvalue weighted by Crippen LogP contribution is 2.32. The summed E-state index contributed by atoms with van der Waals surface area (Å²) in [6.45, 7) is 1.89. The van der Waals surface area contributed by atoms with E-state index in [1.165, 1.54) is 0 Å². The Morgan fingerprint density at radius 3 is 2.71 bits per heavy atom. The zero-order valence-corrected chi connectivity index (χ0v) is 12.3. The second-order valence-electron chi connectivity index (χ2n) is 5.49. The van der Waals surface area contributed by atoms with E-state index in [9.17, 15) is 9.59 Å². The van der Waals surface area contributed by atoms with E-state index in [-0.39, 0.29) is 11.9 Å². The third-order valence-electron chi connectivity index (χ3n) is 4.12. The van der Waals surface area contributed by atoms with Gasteiger partial charge in [0.25, 0.3) is 0 Å². The van der Waals surface area contributed by atoms with E-state index in [2.05, 4.69) is 5.32 Å². The van der Waals surface area contributed by atoms with Gasteiger partial charge in [-0.25, -0.2) is 0 Å². The molecule has 1 aliphatic rings. The van der Waals surface area contributed by atoms with Crippen molar-refractivity contribution < 1.29 is 19.4 Å². The Bertz CT molecular complexity index is 529. The Kier molecular flexibility index (Phi) is 4.83.